The summed E-state index contributed by atoms with van der Waals surface area (Å²) in [7, 11) is 0. The molecule has 0 radical (unpaired) electrons. The molecule has 2 atom stereocenters. The number of thiophene rings is 1. The minimum Gasteiger partial charge on any atom is -0.329 e. The lowest BCUT2D eigenvalue weighted by Crippen LogP contribution is -2.37. The molecule has 1 aromatic rings. The van der Waals surface area contributed by atoms with Crippen LogP contribution in [-0.4, -0.2) is 48.6 Å². The van der Waals surface area contributed by atoms with Gasteiger partial charge in [0.05, 0.1) is 6.04 Å². The quantitative estimate of drug-likeness (QED) is 0.898. The molecule has 112 valence electrons. The Balaban J connectivity index is 1.68. The van der Waals surface area contributed by atoms with E-state index < -0.39 is 0 Å². The van der Waals surface area contributed by atoms with Gasteiger partial charge in [0.25, 0.3) is 0 Å². The zero-order valence-electron chi connectivity index (χ0n) is 12.1. The molecule has 2 unspecified atom stereocenters. The van der Waals surface area contributed by atoms with E-state index in [0.717, 1.165) is 12.6 Å². The lowest BCUT2D eigenvalue weighted by atomic mass is 10.2. The Morgan fingerprint density at radius 3 is 2.75 bits per heavy atom. The first kappa shape index (κ1) is 15.0. The molecule has 0 bridgehead atoms. The highest BCUT2D eigenvalue weighted by Gasteiger charge is 2.33. The first-order chi connectivity index (χ1) is 9.69. The summed E-state index contributed by atoms with van der Waals surface area (Å²) in [6.07, 6.45) is 4.07. The Morgan fingerprint density at radius 1 is 1.40 bits per heavy atom. The fourth-order valence-corrected chi connectivity index (χ4v) is 5.26. The van der Waals surface area contributed by atoms with Crippen molar-refractivity contribution < 1.29 is 0 Å². The van der Waals surface area contributed by atoms with E-state index in [1.165, 1.54) is 59.7 Å². The molecule has 0 saturated carbocycles. The van der Waals surface area contributed by atoms with Gasteiger partial charge in [-0.05, 0) is 61.3 Å². The largest absolute Gasteiger partial charge is 0.329 e. The topological polar surface area (TPSA) is 32.5 Å². The van der Waals surface area contributed by atoms with E-state index in [4.69, 9.17) is 5.73 Å². The number of halogens is 1. The third kappa shape index (κ3) is 2.97. The van der Waals surface area contributed by atoms with Crippen LogP contribution < -0.4 is 5.73 Å². The van der Waals surface area contributed by atoms with E-state index in [-0.39, 0.29) is 0 Å². The minimum atomic E-state index is 0.401. The SMILES string of the molecule is Cc1sc(C(CN)N2CCC(N3CCCC3)C2)cc1Br. The van der Waals surface area contributed by atoms with E-state index in [0.29, 0.717) is 6.04 Å². The van der Waals surface area contributed by atoms with E-state index in [1.807, 2.05) is 11.3 Å². The van der Waals surface area contributed by atoms with Gasteiger partial charge in [-0.15, -0.1) is 11.3 Å². The van der Waals surface area contributed by atoms with Crippen LogP contribution in [0.2, 0.25) is 0 Å². The Bertz CT molecular complexity index is 436. The van der Waals surface area contributed by atoms with Crippen molar-refractivity contribution >= 4 is 27.3 Å². The summed E-state index contributed by atoms with van der Waals surface area (Å²) in [6, 6.07) is 3.43. The van der Waals surface area contributed by atoms with Crippen molar-refractivity contribution in [3.63, 3.8) is 0 Å². The summed E-state index contributed by atoms with van der Waals surface area (Å²) in [5, 5.41) is 0. The van der Waals surface area contributed by atoms with Crippen molar-refractivity contribution in [2.24, 2.45) is 5.73 Å². The molecule has 3 nitrogen and oxygen atoms in total. The molecular weight excluding hydrogens is 334 g/mol. The second kappa shape index (κ2) is 6.44. The summed E-state index contributed by atoms with van der Waals surface area (Å²) in [6.45, 7) is 7.88. The van der Waals surface area contributed by atoms with Gasteiger partial charge >= 0.3 is 0 Å². The van der Waals surface area contributed by atoms with Crippen molar-refractivity contribution in [3.8, 4) is 0 Å². The van der Waals surface area contributed by atoms with Crippen molar-refractivity contribution in [1.82, 2.24) is 9.80 Å². The highest BCUT2D eigenvalue weighted by Crippen LogP contribution is 2.35. The van der Waals surface area contributed by atoms with Gasteiger partial charge in [-0.2, -0.15) is 0 Å². The van der Waals surface area contributed by atoms with Gasteiger partial charge in [0.15, 0.2) is 0 Å². The lowest BCUT2D eigenvalue weighted by Gasteiger charge is -2.28. The summed E-state index contributed by atoms with van der Waals surface area (Å²) in [4.78, 5) is 8.05. The first-order valence-corrected chi connectivity index (χ1v) is 9.24. The normalized spacial score (nSPS) is 26.4. The standard InChI is InChI=1S/C15H24BrN3S/c1-11-13(16)8-15(20-11)14(9-17)19-7-4-12(10-19)18-5-2-3-6-18/h8,12,14H,2-7,9-10,17H2,1H3. The fourth-order valence-electron chi connectivity index (χ4n) is 3.55. The van der Waals surface area contributed by atoms with Crippen LogP contribution in [0.15, 0.2) is 10.5 Å². The number of nitrogens with two attached hydrogens (primary N) is 1. The molecule has 3 rings (SSSR count). The van der Waals surface area contributed by atoms with E-state index in [9.17, 15) is 0 Å². The average Bonchev–Trinajstić information content (AvgIpc) is 3.13. The van der Waals surface area contributed by atoms with Crippen molar-refractivity contribution in [3.05, 3.63) is 20.3 Å². The van der Waals surface area contributed by atoms with Crippen molar-refractivity contribution in [2.75, 3.05) is 32.7 Å². The smallest absolute Gasteiger partial charge is 0.0565 e. The van der Waals surface area contributed by atoms with E-state index in [1.54, 1.807) is 0 Å². The van der Waals surface area contributed by atoms with Crippen LogP contribution in [0.3, 0.4) is 0 Å². The zero-order valence-corrected chi connectivity index (χ0v) is 14.5. The lowest BCUT2D eigenvalue weighted by molar-refractivity contribution is 0.204. The summed E-state index contributed by atoms with van der Waals surface area (Å²) < 4.78 is 1.23. The van der Waals surface area contributed by atoms with Crippen LogP contribution in [0.25, 0.3) is 0 Å². The first-order valence-electron chi connectivity index (χ1n) is 7.63. The molecule has 2 saturated heterocycles. The van der Waals surface area contributed by atoms with Crippen molar-refractivity contribution in [1.29, 1.82) is 0 Å². The van der Waals surface area contributed by atoms with Gasteiger partial charge in [0.1, 0.15) is 0 Å². The Hall–Kier alpha value is 0.0600. The molecule has 0 spiro atoms. The number of aryl methyl sites for hydroxylation is 1. The molecule has 2 aliphatic heterocycles. The third-order valence-electron chi connectivity index (χ3n) is 4.72. The number of rotatable bonds is 4. The average molecular weight is 358 g/mol. The van der Waals surface area contributed by atoms with Gasteiger partial charge in [-0.1, -0.05) is 0 Å². The van der Waals surface area contributed by atoms with Crippen LogP contribution in [0, 0.1) is 6.92 Å². The third-order valence-corrected chi connectivity index (χ3v) is 6.96. The van der Waals surface area contributed by atoms with E-state index in [2.05, 4.69) is 38.7 Å². The second-order valence-corrected chi connectivity index (χ2v) is 8.13. The number of hydrogen-bond acceptors (Lipinski definition) is 4. The molecule has 5 heteroatoms. The molecule has 2 fully saturated rings. The highest BCUT2D eigenvalue weighted by molar-refractivity contribution is 9.10. The van der Waals surface area contributed by atoms with Gasteiger partial charge in [0, 0.05) is 39.9 Å². The maximum atomic E-state index is 6.08. The monoisotopic (exact) mass is 357 g/mol. The molecule has 2 aliphatic rings. The maximum Gasteiger partial charge on any atom is 0.0565 e. The van der Waals surface area contributed by atoms with Crippen LogP contribution in [0.1, 0.15) is 35.1 Å². The molecule has 1 aromatic heterocycles. The molecule has 2 N–H and O–H groups in total. The van der Waals surface area contributed by atoms with Gasteiger partial charge in [-0.25, -0.2) is 0 Å². The molecule has 3 heterocycles. The predicted molar refractivity (Wildman–Crippen MR) is 89.3 cm³/mol. The second-order valence-electron chi connectivity index (χ2n) is 5.98. The predicted octanol–water partition coefficient (Wildman–Crippen LogP) is 2.99. The van der Waals surface area contributed by atoms with Crippen molar-refractivity contribution in [2.45, 2.75) is 38.3 Å². The number of nitrogens with zero attached hydrogens (tertiary/aromatic N) is 2. The van der Waals surface area contributed by atoms with Crippen LogP contribution in [-0.2, 0) is 0 Å². The van der Waals surface area contributed by atoms with Gasteiger partial charge < -0.3 is 5.73 Å². The van der Waals surface area contributed by atoms with Gasteiger partial charge in [0.2, 0.25) is 0 Å². The molecule has 20 heavy (non-hydrogen) atoms. The Kier molecular flexibility index (Phi) is 4.82. The van der Waals surface area contributed by atoms with Crippen LogP contribution in [0.4, 0.5) is 0 Å². The number of likely N-dealkylation sites (tertiary alicyclic amines) is 2. The van der Waals surface area contributed by atoms with Crippen LogP contribution in [0.5, 0.6) is 0 Å². The number of hydrogen-bond donors (Lipinski definition) is 1. The van der Waals surface area contributed by atoms with Crippen LogP contribution >= 0.6 is 27.3 Å². The minimum absolute atomic E-state index is 0.401. The zero-order chi connectivity index (χ0) is 14.1. The summed E-state index contributed by atoms with van der Waals surface area (Å²) >= 11 is 5.52. The fraction of sp³-hybridized carbons (Fsp3) is 0.733. The Morgan fingerprint density at radius 2 is 2.15 bits per heavy atom. The molecular formula is C15H24BrN3S. The van der Waals surface area contributed by atoms with E-state index >= 15 is 0 Å². The Labute approximate surface area is 134 Å². The molecule has 0 amide bonds. The van der Waals surface area contributed by atoms with Gasteiger partial charge in [-0.3, -0.25) is 9.80 Å². The maximum absolute atomic E-state index is 6.08. The molecule has 0 aromatic carbocycles. The highest BCUT2D eigenvalue weighted by atomic mass is 79.9. The molecule has 0 aliphatic carbocycles. The summed E-state index contributed by atoms with van der Waals surface area (Å²) in [5.41, 5.74) is 6.08. The summed E-state index contributed by atoms with van der Waals surface area (Å²) in [5.74, 6) is 0.